The first-order valence-corrected chi connectivity index (χ1v) is 8.23. The van der Waals surface area contributed by atoms with Crippen molar-refractivity contribution in [2.24, 2.45) is 5.92 Å². The lowest BCUT2D eigenvalue weighted by Gasteiger charge is -2.24. The Bertz CT molecular complexity index is 588. The summed E-state index contributed by atoms with van der Waals surface area (Å²) in [4.78, 5) is 25.0. The lowest BCUT2D eigenvalue weighted by Crippen LogP contribution is -2.36. The number of carbonyl (C=O) groups excluding carboxylic acids is 1. The van der Waals surface area contributed by atoms with Gasteiger partial charge in [0.05, 0.1) is 18.9 Å². The molecule has 1 aliphatic carbocycles. The number of rotatable bonds is 4. The predicted molar refractivity (Wildman–Crippen MR) is 88.5 cm³/mol. The van der Waals surface area contributed by atoms with Crippen LogP contribution in [0.4, 0.5) is 5.82 Å². The summed E-state index contributed by atoms with van der Waals surface area (Å²) in [5.41, 5.74) is 0. The molecule has 0 aromatic carbocycles. The van der Waals surface area contributed by atoms with Crippen molar-refractivity contribution in [3.63, 3.8) is 0 Å². The maximum absolute atomic E-state index is 12.5. The third kappa shape index (κ3) is 3.81. The molecular formula is C17H24N4O2. The third-order valence-electron chi connectivity index (χ3n) is 4.42. The Hall–Kier alpha value is -2.11. The standard InChI is InChI=1S/C17H24N4O2/c1-20(2)15-10-18-11-16(19-15)23-14-8-9-21(12-14)17(22)13-6-4-3-5-7-13/h3-4,10-11,13-14H,5-9,12H2,1-2H3/t13-,14-/m0/s1. The van der Waals surface area contributed by atoms with Crippen molar-refractivity contribution in [1.82, 2.24) is 14.9 Å². The Labute approximate surface area is 137 Å². The van der Waals surface area contributed by atoms with Crippen molar-refractivity contribution in [3.8, 4) is 5.88 Å². The lowest BCUT2D eigenvalue weighted by atomic mass is 9.93. The first-order chi connectivity index (χ1) is 11.1. The molecule has 6 nitrogen and oxygen atoms in total. The van der Waals surface area contributed by atoms with Crippen LogP contribution < -0.4 is 9.64 Å². The number of aromatic nitrogens is 2. The molecule has 2 aliphatic rings. The van der Waals surface area contributed by atoms with Crippen molar-refractivity contribution in [1.29, 1.82) is 0 Å². The molecule has 124 valence electrons. The average molecular weight is 316 g/mol. The molecular weight excluding hydrogens is 292 g/mol. The zero-order valence-electron chi connectivity index (χ0n) is 13.8. The van der Waals surface area contributed by atoms with E-state index in [0.29, 0.717) is 12.4 Å². The molecule has 1 amide bonds. The summed E-state index contributed by atoms with van der Waals surface area (Å²) in [6, 6.07) is 0. The molecule has 1 saturated heterocycles. The Morgan fingerprint density at radius 2 is 2.17 bits per heavy atom. The monoisotopic (exact) mass is 316 g/mol. The van der Waals surface area contributed by atoms with Crippen LogP contribution in [-0.4, -0.2) is 54.1 Å². The number of hydrogen-bond donors (Lipinski definition) is 0. The molecule has 0 bridgehead atoms. The van der Waals surface area contributed by atoms with Gasteiger partial charge in [-0.2, -0.15) is 4.98 Å². The smallest absolute Gasteiger partial charge is 0.234 e. The number of allylic oxidation sites excluding steroid dienone is 2. The number of likely N-dealkylation sites (tertiary alicyclic amines) is 1. The molecule has 0 saturated carbocycles. The van der Waals surface area contributed by atoms with Crippen LogP contribution in [0.5, 0.6) is 5.88 Å². The summed E-state index contributed by atoms with van der Waals surface area (Å²) in [7, 11) is 3.84. The highest BCUT2D eigenvalue weighted by molar-refractivity contribution is 5.79. The maximum Gasteiger partial charge on any atom is 0.234 e. The summed E-state index contributed by atoms with van der Waals surface area (Å²) in [5, 5.41) is 0. The SMILES string of the molecule is CN(C)c1cncc(O[C@H]2CCN(C(=O)[C@H]3CC=CCC3)C2)n1. The van der Waals surface area contributed by atoms with E-state index in [1.54, 1.807) is 12.4 Å². The molecule has 1 fully saturated rings. The molecule has 6 heteroatoms. The quantitative estimate of drug-likeness (QED) is 0.794. The summed E-state index contributed by atoms with van der Waals surface area (Å²) in [6.07, 6.45) is 11.3. The van der Waals surface area contributed by atoms with Gasteiger partial charge in [0, 0.05) is 33.0 Å². The van der Waals surface area contributed by atoms with Crippen molar-refractivity contribution < 1.29 is 9.53 Å². The topological polar surface area (TPSA) is 58.6 Å². The van der Waals surface area contributed by atoms with E-state index in [0.717, 1.165) is 38.0 Å². The van der Waals surface area contributed by atoms with E-state index < -0.39 is 0 Å². The molecule has 0 unspecified atom stereocenters. The molecule has 1 aromatic rings. The Morgan fingerprint density at radius 3 is 2.91 bits per heavy atom. The highest BCUT2D eigenvalue weighted by Crippen LogP contribution is 2.24. The molecule has 1 aromatic heterocycles. The van der Waals surface area contributed by atoms with Gasteiger partial charge in [-0.3, -0.25) is 9.78 Å². The minimum absolute atomic E-state index is 0.00444. The fourth-order valence-corrected chi connectivity index (χ4v) is 3.08. The number of anilines is 1. The zero-order valence-corrected chi connectivity index (χ0v) is 13.8. The molecule has 0 N–H and O–H groups in total. The average Bonchev–Trinajstić information content (AvgIpc) is 3.03. The van der Waals surface area contributed by atoms with E-state index in [-0.39, 0.29) is 17.9 Å². The second-order valence-corrected chi connectivity index (χ2v) is 6.40. The number of hydrogen-bond acceptors (Lipinski definition) is 5. The van der Waals surface area contributed by atoms with Crippen molar-refractivity contribution in [3.05, 3.63) is 24.5 Å². The predicted octanol–water partition coefficient (Wildman–Crippen LogP) is 1.88. The van der Waals surface area contributed by atoms with Gasteiger partial charge in [-0.15, -0.1) is 0 Å². The molecule has 1 aliphatic heterocycles. The van der Waals surface area contributed by atoms with Crippen LogP contribution in [0, 0.1) is 5.92 Å². The highest BCUT2D eigenvalue weighted by atomic mass is 16.5. The van der Waals surface area contributed by atoms with Crippen LogP contribution in [0.3, 0.4) is 0 Å². The van der Waals surface area contributed by atoms with E-state index in [2.05, 4.69) is 22.1 Å². The van der Waals surface area contributed by atoms with Crippen molar-refractivity contribution >= 4 is 11.7 Å². The van der Waals surface area contributed by atoms with Gasteiger partial charge in [0.15, 0.2) is 5.82 Å². The molecule has 0 spiro atoms. The third-order valence-corrected chi connectivity index (χ3v) is 4.42. The largest absolute Gasteiger partial charge is 0.471 e. The Kier molecular flexibility index (Phi) is 4.79. The molecule has 0 radical (unpaired) electrons. The van der Waals surface area contributed by atoms with Gasteiger partial charge in [0.25, 0.3) is 0 Å². The summed E-state index contributed by atoms with van der Waals surface area (Å²) >= 11 is 0. The van der Waals surface area contributed by atoms with Crippen LogP contribution in [-0.2, 0) is 4.79 Å². The molecule has 3 rings (SSSR count). The van der Waals surface area contributed by atoms with Gasteiger partial charge in [0.1, 0.15) is 6.10 Å². The fraction of sp³-hybridized carbons (Fsp3) is 0.588. The molecule has 2 heterocycles. The normalized spacial score (nSPS) is 23.8. The van der Waals surface area contributed by atoms with Crippen LogP contribution >= 0.6 is 0 Å². The number of ether oxygens (including phenoxy) is 1. The van der Waals surface area contributed by atoms with Crippen molar-refractivity contribution in [2.75, 3.05) is 32.1 Å². The Balaban J connectivity index is 1.56. The summed E-state index contributed by atoms with van der Waals surface area (Å²) in [5.74, 6) is 1.71. The van der Waals surface area contributed by atoms with Gasteiger partial charge >= 0.3 is 0 Å². The van der Waals surface area contributed by atoms with Crippen LogP contribution in [0.15, 0.2) is 24.5 Å². The fourth-order valence-electron chi connectivity index (χ4n) is 3.08. The van der Waals surface area contributed by atoms with Crippen molar-refractivity contribution in [2.45, 2.75) is 31.8 Å². The van der Waals surface area contributed by atoms with Gasteiger partial charge in [-0.25, -0.2) is 0 Å². The zero-order chi connectivity index (χ0) is 16.2. The number of carbonyl (C=O) groups is 1. The maximum atomic E-state index is 12.5. The highest BCUT2D eigenvalue weighted by Gasteiger charge is 2.31. The van der Waals surface area contributed by atoms with Crippen LogP contribution in [0.1, 0.15) is 25.7 Å². The Morgan fingerprint density at radius 1 is 1.30 bits per heavy atom. The minimum Gasteiger partial charge on any atom is -0.471 e. The first kappa shape index (κ1) is 15.8. The van der Waals surface area contributed by atoms with Gasteiger partial charge in [-0.05, 0) is 19.3 Å². The van der Waals surface area contributed by atoms with E-state index in [1.807, 2.05) is 23.9 Å². The lowest BCUT2D eigenvalue weighted by molar-refractivity contribution is -0.135. The first-order valence-electron chi connectivity index (χ1n) is 8.23. The van der Waals surface area contributed by atoms with Gasteiger partial charge in [0.2, 0.25) is 11.8 Å². The van der Waals surface area contributed by atoms with E-state index >= 15 is 0 Å². The minimum atomic E-state index is 0.00444. The van der Waals surface area contributed by atoms with Crippen LogP contribution in [0.2, 0.25) is 0 Å². The van der Waals surface area contributed by atoms with E-state index in [1.165, 1.54) is 0 Å². The molecule has 23 heavy (non-hydrogen) atoms. The van der Waals surface area contributed by atoms with Gasteiger partial charge in [-0.1, -0.05) is 12.2 Å². The van der Waals surface area contributed by atoms with Crippen LogP contribution in [0.25, 0.3) is 0 Å². The second-order valence-electron chi connectivity index (χ2n) is 6.40. The van der Waals surface area contributed by atoms with E-state index in [4.69, 9.17) is 4.74 Å². The summed E-state index contributed by atoms with van der Waals surface area (Å²) < 4.78 is 5.93. The number of nitrogens with zero attached hydrogens (tertiary/aromatic N) is 4. The number of amides is 1. The second kappa shape index (κ2) is 6.98. The van der Waals surface area contributed by atoms with E-state index in [9.17, 15) is 4.79 Å². The summed E-state index contributed by atoms with van der Waals surface area (Å²) in [6.45, 7) is 1.41. The molecule has 2 atom stereocenters. The van der Waals surface area contributed by atoms with Gasteiger partial charge < -0.3 is 14.5 Å².